The van der Waals surface area contributed by atoms with Gasteiger partial charge in [-0.2, -0.15) is 18.2 Å². The summed E-state index contributed by atoms with van der Waals surface area (Å²) in [5.41, 5.74) is 6.34. The zero-order valence-corrected chi connectivity index (χ0v) is 22.7. The van der Waals surface area contributed by atoms with E-state index in [-0.39, 0.29) is 11.1 Å². The standard InChI is InChI=1S/C30H28F3N7O2/c1-19-23(5-2-6-24(19)29(30(31,32)33)11-3-4-20(18-29)26(34)41)25-27-37-28(38-40(27)13-12-35-25)36-21-7-9-22(10-8-21)39-14-16-42-17-15-39/h2-13H,14-18H2,1H3,(H2,34,41)(H,36,38). The second kappa shape index (κ2) is 10.6. The van der Waals surface area contributed by atoms with E-state index in [2.05, 4.69) is 25.3 Å². The molecule has 1 amide bonds. The Hall–Kier alpha value is -4.71. The first-order valence-corrected chi connectivity index (χ1v) is 13.4. The Kier molecular flexibility index (Phi) is 6.93. The number of anilines is 3. The lowest BCUT2D eigenvalue weighted by atomic mass is 9.70. The molecule has 1 fully saturated rings. The highest BCUT2D eigenvalue weighted by atomic mass is 19.4. The van der Waals surface area contributed by atoms with Gasteiger partial charge < -0.3 is 20.7 Å². The molecule has 2 aromatic carbocycles. The SMILES string of the molecule is Cc1c(-c2nccn3nc(Nc4ccc(N5CCOCC5)cc4)nc23)cccc1C1(C(F)(F)F)C=CC=C(C(N)=O)C1. The highest BCUT2D eigenvalue weighted by Crippen LogP contribution is 2.50. The van der Waals surface area contributed by atoms with Gasteiger partial charge in [0.15, 0.2) is 5.65 Å². The van der Waals surface area contributed by atoms with Gasteiger partial charge in [0.05, 0.1) is 13.2 Å². The number of fused-ring (bicyclic) bond motifs is 1. The van der Waals surface area contributed by atoms with E-state index in [1.165, 1.54) is 28.9 Å². The van der Waals surface area contributed by atoms with Crippen LogP contribution in [0.4, 0.5) is 30.5 Å². The minimum Gasteiger partial charge on any atom is -0.378 e. The molecule has 12 heteroatoms. The first-order valence-electron chi connectivity index (χ1n) is 13.4. The van der Waals surface area contributed by atoms with Crippen molar-refractivity contribution in [1.29, 1.82) is 0 Å². The summed E-state index contributed by atoms with van der Waals surface area (Å²) in [6, 6.07) is 12.6. The molecular weight excluding hydrogens is 547 g/mol. The van der Waals surface area contributed by atoms with Crippen LogP contribution in [-0.4, -0.2) is 58.0 Å². The molecular formula is C30H28F3N7O2. The maximum Gasteiger partial charge on any atom is 0.402 e. The monoisotopic (exact) mass is 575 g/mol. The molecule has 0 radical (unpaired) electrons. The second-order valence-corrected chi connectivity index (χ2v) is 10.3. The number of carbonyl (C=O) groups is 1. The van der Waals surface area contributed by atoms with Crippen molar-refractivity contribution < 1.29 is 22.7 Å². The van der Waals surface area contributed by atoms with Crippen LogP contribution < -0.4 is 16.0 Å². The zero-order valence-electron chi connectivity index (χ0n) is 22.7. The zero-order chi connectivity index (χ0) is 29.5. The van der Waals surface area contributed by atoms with Crippen LogP contribution in [-0.2, 0) is 14.9 Å². The molecule has 1 unspecified atom stereocenters. The Balaban J connectivity index is 1.34. The van der Waals surface area contributed by atoms with Crippen molar-refractivity contribution in [2.24, 2.45) is 5.73 Å². The number of nitrogens with zero attached hydrogens (tertiary/aromatic N) is 5. The predicted octanol–water partition coefficient (Wildman–Crippen LogP) is 4.85. The number of primary amides is 1. The van der Waals surface area contributed by atoms with Crippen molar-refractivity contribution in [2.75, 3.05) is 36.5 Å². The quantitative estimate of drug-likeness (QED) is 0.338. The number of halogens is 3. The molecule has 216 valence electrons. The van der Waals surface area contributed by atoms with E-state index in [9.17, 15) is 18.0 Å². The molecule has 4 aromatic rings. The fourth-order valence-electron chi connectivity index (χ4n) is 5.59. The maximum absolute atomic E-state index is 14.7. The summed E-state index contributed by atoms with van der Waals surface area (Å²) in [5, 5.41) is 7.71. The van der Waals surface area contributed by atoms with E-state index in [0.29, 0.717) is 41.6 Å². The van der Waals surface area contributed by atoms with Gasteiger partial charge in [0.25, 0.3) is 0 Å². The number of rotatable bonds is 6. The lowest BCUT2D eigenvalue weighted by Gasteiger charge is -2.37. The number of aromatic nitrogens is 4. The normalized spacial score (nSPS) is 19.1. The largest absolute Gasteiger partial charge is 0.402 e. The molecule has 6 rings (SSSR count). The fourth-order valence-corrected chi connectivity index (χ4v) is 5.59. The third-order valence-electron chi connectivity index (χ3n) is 7.79. The van der Waals surface area contributed by atoms with E-state index >= 15 is 0 Å². The Morgan fingerprint density at radius 3 is 2.60 bits per heavy atom. The minimum atomic E-state index is -4.69. The average Bonchev–Trinajstić information content (AvgIpc) is 3.40. The number of hydrogen-bond acceptors (Lipinski definition) is 7. The lowest BCUT2D eigenvalue weighted by molar-refractivity contribution is -0.176. The van der Waals surface area contributed by atoms with Gasteiger partial charge in [0.1, 0.15) is 11.1 Å². The summed E-state index contributed by atoms with van der Waals surface area (Å²) in [7, 11) is 0. The second-order valence-electron chi connectivity index (χ2n) is 10.3. The van der Waals surface area contributed by atoms with Crippen molar-refractivity contribution in [3.05, 3.63) is 89.8 Å². The smallest absolute Gasteiger partial charge is 0.378 e. The number of carbonyl (C=O) groups excluding carboxylic acids is 1. The van der Waals surface area contributed by atoms with Crippen molar-refractivity contribution in [2.45, 2.75) is 24.9 Å². The van der Waals surface area contributed by atoms with Crippen molar-refractivity contribution in [1.82, 2.24) is 19.6 Å². The molecule has 3 N–H and O–H groups in total. The summed E-state index contributed by atoms with van der Waals surface area (Å²) in [6.07, 6.45) is 1.53. The number of hydrogen-bond donors (Lipinski definition) is 2. The van der Waals surface area contributed by atoms with Gasteiger partial charge in [-0.15, -0.1) is 5.10 Å². The molecule has 0 saturated carbocycles. The maximum atomic E-state index is 14.7. The highest BCUT2D eigenvalue weighted by molar-refractivity contribution is 5.93. The van der Waals surface area contributed by atoms with Gasteiger partial charge in [0.2, 0.25) is 11.9 Å². The lowest BCUT2D eigenvalue weighted by Crippen LogP contribution is -2.43. The number of amides is 1. The third kappa shape index (κ3) is 4.87. The van der Waals surface area contributed by atoms with E-state index in [4.69, 9.17) is 10.5 Å². The molecule has 0 spiro atoms. The van der Waals surface area contributed by atoms with Gasteiger partial charge in [0, 0.05) is 48.0 Å². The van der Waals surface area contributed by atoms with Crippen LogP contribution in [0.5, 0.6) is 0 Å². The van der Waals surface area contributed by atoms with Gasteiger partial charge >= 0.3 is 6.18 Å². The molecule has 2 aliphatic rings. The predicted molar refractivity (Wildman–Crippen MR) is 152 cm³/mol. The van der Waals surface area contributed by atoms with Gasteiger partial charge in [-0.1, -0.05) is 36.4 Å². The summed E-state index contributed by atoms with van der Waals surface area (Å²) in [5.74, 6) is -0.567. The number of ether oxygens (including phenoxy) is 1. The highest BCUT2D eigenvalue weighted by Gasteiger charge is 2.56. The van der Waals surface area contributed by atoms with Gasteiger partial charge in [-0.3, -0.25) is 9.78 Å². The number of nitrogens with two attached hydrogens (primary N) is 1. The topological polar surface area (TPSA) is 111 Å². The molecule has 2 aromatic heterocycles. The summed E-state index contributed by atoms with van der Waals surface area (Å²) in [6.45, 7) is 4.68. The first-order chi connectivity index (χ1) is 20.2. The van der Waals surface area contributed by atoms with Crippen LogP contribution in [0.2, 0.25) is 0 Å². The van der Waals surface area contributed by atoms with Crippen molar-refractivity contribution >= 4 is 28.9 Å². The van der Waals surface area contributed by atoms with Gasteiger partial charge in [-0.05, 0) is 48.7 Å². The molecule has 1 aliphatic carbocycles. The summed E-state index contributed by atoms with van der Waals surface area (Å²) >= 11 is 0. The van der Waals surface area contributed by atoms with Crippen molar-refractivity contribution in [3.63, 3.8) is 0 Å². The molecule has 42 heavy (non-hydrogen) atoms. The molecule has 1 aliphatic heterocycles. The molecule has 0 bridgehead atoms. The summed E-state index contributed by atoms with van der Waals surface area (Å²) in [4.78, 5) is 23.2. The number of alkyl halides is 3. The van der Waals surface area contributed by atoms with Crippen molar-refractivity contribution in [3.8, 4) is 11.3 Å². The van der Waals surface area contributed by atoms with E-state index in [0.717, 1.165) is 30.5 Å². The third-order valence-corrected chi connectivity index (χ3v) is 7.79. The van der Waals surface area contributed by atoms with Crippen LogP contribution >= 0.6 is 0 Å². The summed E-state index contributed by atoms with van der Waals surface area (Å²) < 4.78 is 51.2. The van der Waals surface area contributed by atoms with E-state index < -0.39 is 23.9 Å². The molecule has 3 heterocycles. The van der Waals surface area contributed by atoms with Gasteiger partial charge in [-0.25, -0.2) is 4.52 Å². The molecule has 9 nitrogen and oxygen atoms in total. The Labute approximate surface area is 239 Å². The van der Waals surface area contributed by atoms with Crippen LogP contribution in [0.3, 0.4) is 0 Å². The van der Waals surface area contributed by atoms with E-state index in [1.54, 1.807) is 25.3 Å². The average molecular weight is 576 g/mol. The molecule has 1 atom stereocenters. The Morgan fingerprint density at radius 2 is 1.88 bits per heavy atom. The number of nitrogens with one attached hydrogen (secondary N) is 1. The van der Waals surface area contributed by atoms with Crippen LogP contribution in [0.15, 0.2) is 78.7 Å². The van der Waals surface area contributed by atoms with Crippen LogP contribution in [0.25, 0.3) is 16.9 Å². The van der Waals surface area contributed by atoms with Crippen LogP contribution in [0.1, 0.15) is 17.5 Å². The number of morpholine rings is 1. The Morgan fingerprint density at radius 1 is 1.12 bits per heavy atom. The number of allylic oxidation sites excluding steroid dienone is 3. The molecule has 1 saturated heterocycles. The Bertz CT molecular complexity index is 1710. The first kappa shape index (κ1) is 27.5. The fraction of sp³-hybridized carbons (Fsp3) is 0.267. The number of benzene rings is 2. The van der Waals surface area contributed by atoms with E-state index in [1.807, 2.05) is 24.3 Å². The van der Waals surface area contributed by atoms with Crippen LogP contribution in [0, 0.1) is 6.92 Å². The minimum absolute atomic E-state index is 0.0117.